The van der Waals surface area contributed by atoms with Crippen LogP contribution in [0.5, 0.6) is 0 Å². The van der Waals surface area contributed by atoms with Gasteiger partial charge in [0, 0.05) is 26.1 Å². The van der Waals surface area contributed by atoms with Crippen LogP contribution in [-0.2, 0) is 4.74 Å². The van der Waals surface area contributed by atoms with Gasteiger partial charge in [-0.2, -0.15) is 0 Å². The van der Waals surface area contributed by atoms with Gasteiger partial charge >= 0.3 is 0 Å². The molecule has 0 aromatic rings. The first-order chi connectivity index (χ1) is 6.12. The molecule has 3 heteroatoms. The van der Waals surface area contributed by atoms with E-state index in [1.54, 1.807) is 7.11 Å². The molecule has 0 bridgehead atoms. The summed E-state index contributed by atoms with van der Waals surface area (Å²) in [6.07, 6.45) is 2.27. The fraction of sp³-hybridized carbons (Fsp3) is 1.00. The molecule has 0 atom stereocenters. The van der Waals surface area contributed by atoms with E-state index in [0.29, 0.717) is 5.41 Å². The van der Waals surface area contributed by atoms with E-state index in [-0.39, 0.29) is 0 Å². The van der Waals surface area contributed by atoms with E-state index >= 15 is 0 Å². The quantitative estimate of drug-likeness (QED) is 0.487. The van der Waals surface area contributed by atoms with Crippen molar-refractivity contribution in [3.63, 3.8) is 0 Å². The van der Waals surface area contributed by atoms with Crippen LogP contribution in [0.1, 0.15) is 26.7 Å². The minimum Gasteiger partial charge on any atom is -0.383 e. The Balaban J connectivity index is 3.39. The molecule has 2 nitrogen and oxygen atoms in total. The Labute approximate surface area is 87.0 Å². The van der Waals surface area contributed by atoms with E-state index in [2.05, 4.69) is 19.2 Å². The summed E-state index contributed by atoms with van der Waals surface area (Å²) in [4.78, 5) is 0. The molecule has 13 heavy (non-hydrogen) atoms. The predicted octanol–water partition coefficient (Wildman–Crippen LogP) is 2.27. The van der Waals surface area contributed by atoms with E-state index in [9.17, 15) is 0 Å². The number of methoxy groups -OCH3 is 1. The Kier molecular flexibility index (Phi) is 7.72. The largest absolute Gasteiger partial charge is 0.383 e. The van der Waals surface area contributed by atoms with Gasteiger partial charge < -0.3 is 10.1 Å². The topological polar surface area (TPSA) is 21.3 Å². The third-order valence-electron chi connectivity index (χ3n) is 2.07. The van der Waals surface area contributed by atoms with Gasteiger partial charge in [-0.3, -0.25) is 0 Å². The molecule has 0 aliphatic rings. The maximum Gasteiger partial charge on any atom is 0.0587 e. The molecule has 0 saturated heterocycles. The number of ether oxygens (including phenoxy) is 1. The summed E-state index contributed by atoms with van der Waals surface area (Å²) < 4.78 is 4.95. The molecular weight excluding hydrogens is 186 g/mol. The SMILES string of the molecule is COCCNCC(C)(C)CCCCl. The number of alkyl halides is 1. The van der Waals surface area contributed by atoms with Crippen LogP contribution in [0.3, 0.4) is 0 Å². The van der Waals surface area contributed by atoms with Crippen LogP contribution in [0.15, 0.2) is 0 Å². The second-order valence-electron chi connectivity index (χ2n) is 4.13. The van der Waals surface area contributed by atoms with Crippen LogP contribution in [0.4, 0.5) is 0 Å². The lowest BCUT2D eigenvalue weighted by atomic mass is 9.88. The zero-order chi connectivity index (χ0) is 10.2. The molecular formula is C10H22ClNO. The van der Waals surface area contributed by atoms with Crippen molar-refractivity contribution >= 4 is 11.6 Å². The van der Waals surface area contributed by atoms with Gasteiger partial charge in [-0.15, -0.1) is 11.6 Å². The Hall–Kier alpha value is 0.210. The molecule has 0 aliphatic carbocycles. The normalized spacial score (nSPS) is 12.0. The second kappa shape index (κ2) is 7.60. The lowest BCUT2D eigenvalue weighted by Gasteiger charge is -2.24. The van der Waals surface area contributed by atoms with Crippen LogP contribution in [0.25, 0.3) is 0 Å². The van der Waals surface area contributed by atoms with Gasteiger partial charge in [0.25, 0.3) is 0 Å². The Morgan fingerprint density at radius 1 is 1.38 bits per heavy atom. The molecule has 1 N–H and O–H groups in total. The molecule has 0 aliphatic heterocycles. The highest BCUT2D eigenvalue weighted by Gasteiger charge is 2.15. The highest BCUT2D eigenvalue weighted by Crippen LogP contribution is 2.21. The van der Waals surface area contributed by atoms with Crippen molar-refractivity contribution in [3.05, 3.63) is 0 Å². The molecule has 0 aromatic heterocycles. The van der Waals surface area contributed by atoms with Crippen molar-refractivity contribution in [1.29, 1.82) is 0 Å². The predicted molar refractivity (Wildman–Crippen MR) is 58.5 cm³/mol. The van der Waals surface area contributed by atoms with Gasteiger partial charge in [0.1, 0.15) is 0 Å². The zero-order valence-electron chi connectivity index (χ0n) is 9.03. The van der Waals surface area contributed by atoms with Crippen LogP contribution in [0.2, 0.25) is 0 Å². The second-order valence-corrected chi connectivity index (χ2v) is 4.50. The number of hydrogen-bond donors (Lipinski definition) is 1. The molecule has 0 rings (SSSR count). The standard InChI is InChI=1S/C10H22ClNO/c1-10(2,5-4-6-11)9-12-7-8-13-3/h12H,4-9H2,1-3H3. The fourth-order valence-electron chi connectivity index (χ4n) is 1.23. The van der Waals surface area contributed by atoms with Gasteiger partial charge in [0.2, 0.25) is 0 Å². The number of nitrogens with one attached hydrogen (secondary N) is 1. The van der Waals surface area contributed by atoms with E-state index in [1.165, 1.54) is 6.42 Å². The van der Waals surface area contributed by atoms with Crippen molar-refractivity contribution in [2.75, 3.05) is 32.7 Å². The maximum atomic E-state index is 5.65. The van der Waals surface area contributed by atoms with Crippen LogP contribution in [-0.4, -0.2) is 32.7 Å². The highest BCUT2D eigenvalue weighted by atomic mass is 35.5. The van der Waals surface area contributed by atoms with Crippen LogP contribution >= 0.6 is 11.6 Å². The summed E-state index contributed by atoms with van der Waals surface area (Å²) in [5.41, 5.74) is 0.350. The minimum absolute atomic E-state index is 0.350. The average Bonchev–Trinajstić information content (AvgIpc) is 2.09. The van der Waals surface area contributed by atoms with Crippen LogP contribution in [0, 0.1) is 5.41 Å². The minimum atomic E-state index is 0.350. The smallest absolute Gasteiger partial charge is 0.0587 e. The third-order valence-corrected chi connectivity index (χ3v) is 2.34. The lowest BCUT2D eigenvalue weighted by molar-refractivity contribution is 0.192. The molecule has 0 amide bonds. The first-order valence-corrected chi connectivity index (χ1v) is 5.41. The molecule has 0 radical (unpaired) electrons. The summed E-state index contributed by atoms with van der Waals surface area (Å²) in [6, 6.07) is 0. The molecule has 0 saturated carbocycles. The van der Waals surface area contributed by atoms with Crippen molar-refractivity contribution in [1.82, 2.24) is 5.32 Å². The molecule has 80 valence electrons. The molecule has 0 aromatic carbocycles. The highest BCUT2D eigenvalue weighted by molar-refractivity contribution is 6.17. The molecule has 0 fully saturated rings. The third kappa shape index (κ3) is 8.54. The van der Waals surface area contributed by atoms with Crippen molar-refractivity contribution < 1.29 is 4.74 Å². The first-order valence-electron chi connectivity index (χ1n) is 4.88. The molecule has 0 heterocycles. The summed E-state index contributed by atoms with van der Waals surface area (Å²) in [5.74, 6) is 0.765. The van der Waals surface area contributed by atoms with Gasteiger partial charge in [0.15, 0.2) is 0 Å². The summed E-state index contributed by atoms with van der Waals surface area (Å²) in [6.45, 7) is 7.28. The number of halogens is 1. The van der Waals surface area contributed by atoms with Crippen molar-refractivity contribution in [2.45, 2.75) is 26.7 Å². The Bertz CT molecular complexity index is 117. The van der Waals surface area contributed by atoms with Crippen LogP contribution < -0.4 is 5.32 Å². The van der Waals surface area contributed by atoms with E-state index < -0.39 is 0 Å². The number of rotatable bonds is 8. The van der Waals surface area contributed by atoms with Gasteiger partial charge in [-0.25, -0.2) is 0 Å². The Morgan fingerprint density at radius 2 is 2.08 bits per heavy atom. The monoisotopic (exact) mass is 207 g/mol. The van der Waals surface area contributed by atoms with E-state index in [4.69, 9.17) is 16.3 Å². The summed E-state index contributed by atoms with van der Waals surface area (Å²) in [5, 5.41) is 3.37. The van der Waals surface area contributed by atoms with Crippen molar-refractivity contribution in [3.8, 4) is 0 Å². The summed E-state index contributed by atoms with van der Waals surface area (Å²) in [7, 11) is 1.72. The first kappa shape index (κ1) is 13.2. The van der Waals surface area contributed by atoms with Gasteiger partial charge in [-0.1, -0.05) is 13.8 Å². The number of hydrogen-bond acceptors (Lipinski definition) is 2. The average molecular weight is 208 g/mol. The van der Waals surface area contributed by atoms with E-state index in [1.807, 2.05) is 0 Å². The maximum absolute atomic E-state index is 5.65. The Morgan fingerprint density at radius 3 is 2.62 bits per heavy atom. The molecule has 0 spiro atoms. The van der Waals surface area contributed by atoms with Gasteiger partial charge in [-0.05, 0) is 18.3 Å². The lowest BCUT2D eigenvalue weighted by Crippen LogP contribution is -2.31. The zero-order valence-corrected chi connectivity index (χ0v) is 9.78. The van der Waals surface area contributed by atoms with E-state index in [0.717, 1.165) is 32.0 Å². The fourth-order valence-corrected chi connectivity index (χ4v) is 1.37. The molecule has 0 unspecified atom stereocenters. The summed E-state index contributed by atoms with van der Waals surface area (Å²) >= 11 is 5.65. The van der Waals surface area contributed by atoms with Crippen molar-refractivity contribution in [2.24, 2.45) is 5.41 Å². The van der Waals surface area contributed by atoms with Gasteiger partial charge in [0.05, 0.1) is 6.61 Å².